The number of aliphatic hydroxyl groups is 1. The average Bonchev–Trinajstić information content (AvgIpc) is 2.70. The number of amides is 1. The Kier molecular flexibility index (Phi) is 7.63. The van der Waals surface area contributed by atoms with Crippen LogP contribution in [0.3, 0.4) is 0 Å². The van der Waals surface area contributed by atoms with Crippen LogP contribution in [0, 0.1) is 11.8 Å². The van der Waals surface area contributed by atoms with E-state index in [-0.39, 0.29) is 25.4 Å². The van der Waals surface area contributed by atoms with Crippen molar-refractivity contribution in [1.82, 2.24) is 10.2 Å². The Bertz CT molecular complexity index is 949. The van der Waals surface area contributed by atoms with Gasteiger partial charge in [-0.1, -0.05) is 26.0 Å². The number of aliphatic hydroxyl groups excluding tert-OH is 1. The first-order valence-electron chi connectivity index (χ1n) is 9.98. The molecule has 0 aliphatic carbocycles. The van der Waals surface area contributed by atoms with Crippen molar-refractivity contribution >= 4 is 21.7 Å². The van der Waals surface area contributed by atoms with Gasteiger partial charge in [-0.25, -0.2) is 13.2 Å². The fourth-order valence-corrected chi connectivity index (χ4v) is 4.61. The molecule has 0 saturated carbocycles. The number of carboxylic acids is 1. The SMILES string of the molecule is CC(C)C[C@H](C(=O)N1CCNC[C@@]1(C)c1ccc(S(=O)(=O)C(F)(F)F)cc1)[C@H](O)C(=O)O. The Hall–Kier alpha value is -2.18. The maximum absolute atomic E-state index is 13.4. The summed E-state index contributed by atoms with van der Waals surface area (Å²) in [5, 5.41) is 22.5. The number of halogens is 3. The van der Waals surface area contributed by atoms with E-state index in [1.165, 1.54) is 17.0 Å². The lowest BCUT2D eigenvalue weighted by molar-refractivity contribution is -0.160. The van der Waals surface area contributed by atoms with Crippen molar-refractivity contribution in [2.75, 3.05) is 19.6 Å². The molecule has 1 aromatic rings. The Morgan fingerprint density at radius 3 is 2.25 bits per heavy atom. The minimum atomic E-state index is -5.52. The second-order valence-electron chi connectivity index (χ2n) is 8.43. The van der Waals surface area contributed by atoms with E-state index in [1.807, 2.05) is 0 Å². The molecule has 8 nitrogen and oxygen atoms in total. The van der Waals surface area contributed by atoms with Crippen molar-refractivity contribution in [2.45, 2.75) is 49.2 Å². The molecule has 1 fully saturated rings. The third-order valence-corrected chi connectivity index (χ3v) is 7.11. The summed E-state index contributed by atoms with van der Waals surface area (Å²) >= 11 is 0. The zero-order valence-electron chi connectivity index (χ0n) is 17.9. The van der Waals surface area contributed by atoms with Crippen LogP contribution in [0.15, 0.2) is 29.2 Å². The predicted molar refractivity (Wildman–Crippen MR) is 108 cm³/mol. The number of rotatable bonds is 7. The molecule has 0 radical (unpaired) electrons. The average molecular weight is 481 g/mol. The number of piperazine rings is 1. The molecule has 3 atom stereocenters. The number of aliphatic carboxylic acids is 1. The number of alkyl halides is 3. The Morgan fingerprint density at radius 1 is 1.22 bits per heavy atom. The van der Waals surface area contributed by atoms with E-state index in [0.717, 1.165) is 12.1 Å². The van der Waals surface area contributed by atoms with Gasteiger partial charge in [0, 0.05) is 19.6 Å². The second kappa shape index (κ2) is 9.36. The van der Waals surface area contributed by atoms with Crippen LogP contribution in [0.4, 0.5) is 13.2 Å². The van der Waals surface area contributed by atoms with Gasteiger partial charge in [0.05, 0.1) is 16.4 Å². The normalized spacial score (nSPS) is 21.9. The van der Waals surface area contributed by atoms with Gasteiger partial charge >= 0.3 is 11.5 Å². The Balaban J connectivity index is 2.45. The number of hydrogen-bond acceptors (Lipinski definition) is 6. The first kappa shape index (κ1) is 26.1. The zero-order valence-corrected chi connectivity index (χ0v) is 18.7. The molecular weight excluding hydrogens is 453 g/mol. The number of carbonyl (C=O) groups is 2. The topological polar surface area (TPSA) is 124 Å². The highest BCUT2D eigenvalue weighted by atomic mass is 32.2. The largest absolute Gasteiger partial charge is 0.501 e. The van der Waals surface area contributed by atoms with Gasteiger partial charge in [0.15, 0.2) is 6.10 Å². The third kappa shape index (κ3) is 5.07. The molecule has 1 amide bonds. The first-order valence-corrected chi connectivity index (χ1v) is 11.5. The number of nitrogens with zero attached hydrogens (tertiary/aromatic N) is 1. The van der Waals surface area contributed by atoms with Crippen LogP contribution in [0.5, 0.6) is 0 Å². The van der Waals surface area contributed by atoms with Crippen LogP contribution >= 0.6 is 0 Å². The lowest BCUT2D eigenvalue weighted by Gasteiger charge is -2.47. The van der Waals surface area contributed by atoms with Crippen molar-refractivity contribution in [2.24, 2.45) is 11.8 Å². The number of nitrogens with one attached hydrogen (secondary N) is 1. The minimum Gasteiger partial charge on any atom is -0.479 e. The van der Waals surface area contributed by atoms with E-state index in [1.54, 1.807) is 20.8 Å². The van der Waals surface area contributed by atoms with Crippen molar-refractivity contribution < 1.29 is 41.4 Å². The van der Waals surface area contributed by atoms with Crippen LogP contribution in [0.25, 0.3) is 0 Å². The fourth-order valence-electron chi connectivity index (χ4n) is 3.85. The summed E-state index contributed by atoms with van der Waals surface area (Å²) in [7, 11) is -5.52. The monoisotopic (exact) mass is 480 g/mol. The molecule has 1 aliphatic heterocycles. The predicted octanol–water partition coefficient (Wildman–Crippen LogP) is 1.73. The maximum atomic E-state index is 13.4. The summed E-state index contributed by atoms with van der Waals surface area (Å²) in [6.07, 6.45) is -1.79. The van der Waals surface area contributed by atoms with Crippen molar-refractivity contribution in [3.05, 3.63) is 29.8 Å². The van der Waals surface area contributed by atoms with Crippen LogP contribution in [0.1, 0.15) is 32.8 Å². The molecule has 12 heteroatoms. The molecule has 32 heavy (non-hydrogen) atoms. The highest BCUT2D eigenvalue weighted by Gasteiger charge is 2.48. The van der Waals surface area contributed by atoms with Gasteiger partial charge in [-0.2, -0.15) is 13.2 Å². The van der Waals surface area contributed by atoms with E-state index in [0.29, 0.717) is 12.1 Å². The van der Waals surface area contributed by atoms with Crippen molar-refractivity contribution in [3.63, 3.8) is 0 Å². The maximum Gasteiger partial charge on any atom is 0.501 e. The molecule has 180 valence electrons. The lowest BCUT2D eigenvalue weighted by Crippen LogP contribution is -2.61. The quantitative estimate of drug-likeness (QED) is 0.543. The van der Waals surface area contributed by atoms with E-state index >= 15 is 0 Å². The van der Waals surface area contributed by atoms with Gasteiger partial charge in [-0.15, -0.1) is 0 Å². The highest BCUT2D eigenvalue weighted by molar-refractivity contribution is 7.92. The van der Waals surface area contributed by atoms with E-state index < -0.39 is 49.7 Å². The van der Waals surface area contributed by atoms with Crippen LogP contribution in [0.2, 0.25) is 0 Å². The Labute approximate surface area is 184 Å². The Morgan fingerprint density at radius 2 is 1.78 bits per heavy atom. The molecule has 2 rings (SSSR count). The molecule has 0 bridgehead atoms. The standard InChI is InChI=1S/C20H27F3N2O6S/c1-12(2)10-15(16(26)18(28)29)17(27)25-9-8-24-11-19(25,3)13-4-6-14(7-5-13)32(30,31)20(21,22)23/h4-7,12,15-16,24,26H,8-11H2,1-3H3,(H,28,29)/t15-,16-,19-/m0/s1. The van der Waals surface area contributed by atoms with Crippen molar-refractivity contribution in [1.29, 1.82) is 0 Å². The summed E-state index contributed by atoms with van der Waals surface area (Å²) in [5.74, 6) is -3.42. The van der Waals surface area contributed by atoms with E-state index in [2.05, 4.69) is 5.32 Å². The van der Waals surface area contributed by atoms with Crippen molar-refractivity contribution in [3.8, 4) is 0 Å². The molecule has 1 aliphatic rings. The van der Waals surface area contributed by atoms with Crippen LogP contribution in [-0.4, -0.2) is 66.7 Å². The summed E-state index contributed by atoms with van der Waals surface area (Å²) in [6.45, 7) is 5.96. The first-order chi connectivity index (χ1) is 14.6. The number of sulfone groups is 1. The van der Waals surface area contributed by atoms with E-state index in [9.17, 15) is 41.4 Å². The number of benzene rings is 1. The summed E-state index contributed by atoms with van der Waals surface area (Å²) < 4.78 is 61.8. The highest BCUT2D eigenvalue weighted by Crippen LogP contribution is 2.35. The van der Waals surface area contributed by atoms with Crippen LogP contribution in [-0.2, 0) is 25.0 Å². The molecule has 1 heterocycles. The second-order valence-corrected chi connectivity index (χ2v) is 10.4. The number of carboxylic acid groups (broad SMARTS) is 1. The van der Waals surface area contributed by atoms with Crippen LogP contribution < -0.4 is 5.32 Å². The smallest absolute Gasteiger partial charge is 0.479 e. The molecule has 0 unspecified atom stereocenters. The fraction of sp³-hybridized carbons (Fsp3) is 0.600. The third-order valence-electron chi connectivity index (χ3n) is 5.61. The van der Waals surface area contributed by atoms with Gasteiger partial charge in [0.1, 0.15) is 0 Å². The number of hydrogen-bond donors (Lipinski definition) is 3. The molecular formula is C20H27F3N2O6S. The minimum absolute atomic E-state index is 0.0843. The van der Waals surface area contributed by atoms with Gasteiger partial charge in [-0.05, 0) is 37.0 Å². The summed E-state index contributed by atoms with van der Waals surface area (Å²) in [4.78, 5) is 25.2. The molecule has 0 aromatic heterocycles. The van der Waals surface area contributed by atoms with E-state index in [4.69, 9.17) is 0 Å². The molecule has 1 saturated heterocycles. The molecule has 1 aromatic carbocycles. The van der Waals surface area contributed by atoms with Gasteiger partial charge in [0.25, 0.3) is 9.84 Å². The van der Waals surface area contributed by atoms with Gasteiger partial charge in [0.2, 0.25) is 5.91 Å². The summed E-state index contributed by atoms with van der Waals surface area (Å²) in [5.41, 5.74) is -6.18. The molecule has 3 N–H and O–H groups in total. The zero-order chi connectivity index (χ0) is 24.5. The van der Waals surface area contributed by atoms with Gasteiger partial charge in [-0.3, -0.25) is 4.79 Å². The molecule has 0 spiro atoms. The lowest BCUT2D eigenvalue weighted by atomic mass is 9.84. The number of carbonyl (C=O) groups excluding carboxylic acids is 1. The summed E-state index contributed by atoms with van der Waals surface area (Å²) in [6, 6.07) is 4.07. The van der Waals surface area contributed by atoms with Gasteiger partial charge < -0.3 is 20.4 Å².